The smallest absolute Gasteiger partial charge is 0.252 e. The summed E-state index contributed by atoms with van der Waals surface area (Å²) in [5.41, 5.74) is 22.2. The summed E-state index contributed by atoms with van der Waals surface area (Å²) >= 11 is 0. The summed E-state index contributed by atoms with van der Waals surface area (Å²) < 4.78 is 7.00. The van der Waals surface area contributed by atoms with Crippen molar-refractivity contribution in [2.75, 3.05) is 9.80 Å². The molecule has 58 heavy (non-hydrogen) atoms. The molecule has 0 radical (unpaired) electrons. The third kappa shape index (κ3) is 4.87. The number of hydrogen-bond acceptors (Lipinski definition) is 3. The van der Waals surface area contributed by atoms with Crippen LogP contribution < -0.4 is 26.2 Å². The maximum absolute atomic E-state index is 7.00. The monoisotopic (exact) mass is 758 g/mol. The summed E-state index contributed by atoms with van der Waals surface area (Å²) in [5, 5.41) is 2.32. The SMILES string of the molecule is Cc1cc2c3c(c1)N(c1ccccc1C)c1c(ccc4c1oc1ccccc14)B3c1cc3c(cc1N2c1ccc2c(c1)C(C)(C)CCC2(C)C)C(C)(C)CCC3(C)C. The van der Waals surface area contributed by atoms with Crippen molar-refractivity contribution in [3.05, 3.63) is 137 Å². The Hall–Kier alpha value is -5.22. The second kappa shape index (κ2) is 11.7. The van der Waals surface area contributed by atoms with E-state index in [0.717, 1.165) is 27.6 Å². The molecule has 2 aliphatic carbocycles. The first-order valence-corrected chi connectivity index (χ1v) is 21.6. The molecule has 6 aromatic carbocycles. The number of rotatable bonds is 2. The topological polar surface area (TPSA) is 19.6 Å². The molecule has 4 heteroatoms. The third-order valence-electron chi connectivity index (χ3n) is 15.1. The Balaban J connectivity index is 1.29. The average Bonchev–Trinajstić information content (AvgIpc) is 3.57. The van der Waals surface area contributed by atoms with Crippen molar-refractivity contribution in [3.8, 4) is 0 Å². The lowest BCUT2D eigenvalue weighted by atomic mass is 9.33. The van der Waals surface area contributed by atoms with Crippen LogP contribution in [-0.4, -0.2) is 6.71 Å². The van der Waals surface area contributed by atoms with E-state index in [1.165, 1.54) is 104 Å². The summed E-state index contributed by atoms with van der Waals surface area (Å²) in [4.78, 5) is 5.21. The number of benzene rings is 6. The first-order chi connectivity index (χ1) is 27.6. The number of fused-ring (bicyclic) bond motifs is 10. The molecule has 290 valence electrons. The first-order valence-electron chi connectivity index (χ1n) is 21.6. The molecule has 0 N–H and O–H groups in total. The van der Waals surface area contributed by atoms with E-state index in [1.54, 1.807) is 0 Å². The first kappa shape index (κ1) is 35.9. The Morgan fingerprint density at radius 3 is 1.81 bits per heavy atom. The van der Waals surface area contributed by atoms with Gasteiger partial charge in [-0.15, -0.1) is 0 Å². The highest BCUT2D eigenvalue weighted by Crippen LogP contribution is 2.53. The van der Waals surface area contributed by atoms with E-state index in [4.69, 9.17) is 4.42 Å². The molecule has 0 fully saturated rings. The second-order valence-electron chi connectivity index (χ2n) is 20.8. The summed E-state index contributed by atoms with van der Waals surface area (Å²) in [6.07, 6.45) is 4.74. The van der Waals surface area contributed by atoms with Gasteiger partial charge in [-0.25, -0.2) is 0 Å². The van der Waals surface area contributed by atoms with Gasteiger partial charge in [0.15, 0.2) is 5.58 Å². The van der Waals surface area contributed by atoms with E-state index >= 15 is 0 Å². The van der Waals surface area contributed by atoms with Crippen molar-refractivity contribution < 1.29 is 4.42 Å². The van der Waals surface area contributed by atoms with Crippen molar-refractivity contribution in [3.63, 3.8) is 0 Å². The molecule has 0 saturated heterocycles. The molecule has 0 saturated carbocycles. The largest absolute Gasteiger partial charge is 0.454 e. The Bertz CT molecular complexity index is 2910. The molecule has 11 rings (SSSR count). The van der Waals surface area contributed by atoms with Crippen molar-refractivity contribution in [2.45, 2.75) is 117 Å². The zero-order valence-electron chi connectivity index (χ0n) is 36.0. The van der Waals surface area contributed by atoms with Gasteiger partial charge in [0.2, 0.25) is 0 Å². The van der Waals surface area contributed by atoms with Crippen LogP contribution in [0.1, 0.15) is 114 Å². The summed E-state index contributed by atoms with van der Waals surface area (Å²) in [6.45, 7) is 24.2. The number of hydrogen-bond donors (Lipinski definition) is 0. The molecule has 0 amide bonds. The fraction of sp³-hybridized carbons (Fsp3) is 0.333. The minimum absolute atomic E-state index is 0.0175. The van der Waals surface area contributed by atoms with Crippen LogP contribution in [0.4, 0.5) is 34.1 Å². The minimum atomic E-state index is 0.0175. The van der Waals surface area contributed by atoms with Gasteiger partial charge in [-0.05, 0) is 153 Å². The Morgan fingerprint density at radius 2 is 1.10 bits per heavy atom. The van der Waals surface area contributed by atoms with E-state index in [9.17, 15) is 0 Å². The molecule has 4 aliphatic rings. The van der Waals surface area contributed by atoms with Gasteiger partial charge >= 0.3 is 0 Å². The van der Waals surface area contributed by atoms with Crippen molar-refractivity contribution in [1.82, 2.24) is 0 Å². The molecular formula is C54H55BN2O. The van der Waals surface area contributed by atoms with Gasteiger partial charge in [-0.3, -0.25) is 0 Å². The van der Waals surface area contributed by atoms with Crippen LogP contribution in [0.25, 0.3) is 21.9 Å². The molecule has 3 heterocycles. The van der Waals surface area contributed by atoms with Gasteiger partial charge in [0.05, 0.1) is 5.69 Å². The standard InChI is InChI=1S/C54H55BN2O/c1-32-27-45-48-46(28-32)57(43-17-13-11-15-33(43)2)49-41(22-20-36-35-16-12-14-18-47(35)58-50(36)49)55(48)42-30-39-40(54(9,10)26-25-53(39,7)8)31-44(42)56(45)34-19-21-37-38(29-34)52(5,6)24-23-51(37,3)4/h11-22,27-31H,23-26H2,1-10H3. The lowest BCUT2D eigenvalue weighted by Crippen LogP contribution is -2.62. The normalized spacial score (nSPS) is 19.0. The molecule has 0 spiro atoms. The van der Waals surface area contributed by atoms with Crippen LogP contribution in [-0.2, 0) is 21.7 Å². The van der Waals surface area contributed by atoms with Crippen molar-refractivity contribution in [2.24, 2.45) is 0 Å². The quantitative estimate of drug-likeness (QED) is 0.164. The predicted octanol–water partition coefficient (Wildman–Crippen LogP) is 13.0. The van der Waals surface area contributed by atoms with Crippen LogP contribution >= 0.6 is 0 Å². The fourth-order valence-electron chi connectivity index (χ4n) is 11.5. The predicted molar refractivity (Wildman–Crippen MR) is 248 cm³/mol. The van der Waals surface area contributed by atoms with E-state index in [2.05, 4.69) is 182 Å². The fourth-order valence-corrected chi connectivity index (χ4v) is 11.5. The summed E-state index contributed by atoms with van der Waals surface area (Å²) in [6, 6.07) is 39.8. The van der Waals surface area contributed by atoms with E-state index in [-0.39, 0.29) is 28.4 Å². The highest BCUT2D eigenvalue weighted by atomic mass is 16.3. The Morgan fingerprint density at radius 1 is 0.500 bits per heavy atom. The highest BCUT2D eigenvalue weighted by molar-refractivity contribution is 7.00. The van der Waals surface area contributed by atoms with Gasteiger partial charge < -0.3 is 14.2 Å². The lowest BCUT2D eigenvalue weighted by Gasteiger charge is -2.48. The Kier molecular flexibility index (Phi) is 7.25. The van der Waals surface area contributed by atoms with Crippen LogP contribution in [0.5, 0.6) is 0 Å². The van der Waals surface area contributed by atoms with Crippen LogP contribution in [0.3, 0.4) is 0 Å². The van der Waals surface area contributed by atoms with E-state index in [0.29, 0.717) is 0 Å². The van der Waals surface area contributed by atoms with Gasteiger partial charge in [-0.2, -0.15) is 0 Å². The van der Waals surface area contributed by atoms with Crippen LogP contribution in [0, 0.1) is 13.8 Å². The maximum Gasteiger partial charge on any atom is 0.252 e. The number of nitrogens with zero attached hydrogens (tertiary/aromatic N) is 2. The van der Waals surface area contributed by atoms with Gasteiger partial charge in [0, 0.05) is 39.2 Å². The van der Waals surface area contributed by atoms with E-state index in [1.807, 2.05) is 0 Å². The maximum atomic E-state index is 7.00. The summed E-state index contributed by atoms with van der Waals surface area (Å²) in [5.74, 6) is 0. The minimum Gasteiger partial charge on any atom is -0.454 e. The number of furan rings is 1. The molecule has 1 aromatic heterocycles. The zero-order valence-corrected chi connectivity index (χ0v) is 36.0. The second-order valence-corrected chi connectivity index (χ2v) is 20.8. The van der Waals surface area contributed by atoms with Gasteiger partial charge in [0.1, 0.15) is 5.58 Å². The van der Waals surface area contributed by atoms with Gasteiger partial charge in [-0.1, -0.05) is 116 Å². The zero-order chi connectivity index (χ0) is 40.3. The van der Waals surface area contributed by atoms with Crippen molar-refractivity contribution >= 4 is 79.2 Å². The Labute approximate surface area is 345 Å². The van der Waals surface area contributed by atoms with Crippen molar-refractivity contribution in [1.29, 1.82) is 0 Å². The highest BCUT2D eigenvalue weighted by Gasteiger charge is 2.48. The molecule has 0 unspecified atom stereocenters. The lowest BCUT2D eigenvalue weighted by molar-refractivity contribution is 0.332. The number of aryl methyl sites for hydroxylation is 2. The molecular weight excluding hydrogens is 703 g/mol. The molecule has 0 bridgehead atoms. The number of para-hydroxylation sites is 2. The molecule has 3 nitrogen and oxygen atoms in total. The van der Waals surface area contributed by atoms with Crippen LogP contribution in [0.2, 0.25) is 0 Å². The summed E-state index contributed by atoms with van der Waals surface area (Å²) in [7, 11) is 0. The van der Waals surface area contributed by atoms with Crippen LogP contribution in [0.15, 0.2) is 108 Å². The number of anilines is 6. The van der Waals surface area contributed by atoms with E-state index < -0.39 is 0 Å². The molecule has 2 aliphatic heterocycles. The third-order valence-corrected chi connectivity index (χ3v) is 15.1. The average molecular weight is 759 g/mol. The van der Waals surface area contributed by atoms with Gasteiger partial charge in [0.25, 0.3) is 6.71 Å². The molecule has 0 atom stereocenters. The molecule has 7 aromatic rings.